The fourth-order valence-electron chi connectivity index (χ4n) is 2.01. The highest BCUT2D eigenvalue weighted by atomic mass is 16.5. The van der Waals surface area contributed by atoms with E-state index in [1.807, 2.05) is 30.3 Å². The normalized spacial score (nSPS) is 15.5. The second-order valence-corrected chi connectivity index (χ2v) is 4.19. The minimum atomic E-state index is 0.180. The molecule has 2 aromatic rings. The minimum Gasteiger partial charge on any atom is -0.372 e. The molecule has 0 atom stereocenters. The minimum absolute atomic E-state index is 0.180. The molecule has 3 rings (SSSR count). The smallest absolute Gasteiger partial charge is 0.240 e. The number of morpholine rings is 1. The van der Waals surface area contributed by atoms with E-state index in [2.05, 4.69) is 20.1 Å². The first-order chi connectivity index (χ1) is 9.34. The highest BCUT2D eigenvalue weighted by Crippen LogP contribution is 2.27. The second-order valence-electron chi connectivity index (χ2n) is 4.19. The molecule has 19 heavy (non-hydrogen) atoms. The van der Waals surface area contributed by atoms with Crippen LogP contribution in [0.15, 0.2) is 30.3 Å². The third-order valence-electron chi connectivity index (χ3n) is 2.92. The monoisotopic (exact) mass is 256 g/mol. The zero-order chi connectivity index (χ0) is 13.1. The van der Waals surface area contributed by atoms with Crippen molar-refractivity contribution >= 4 is 11.8 Å². The average Bonchev–Trinajstić information content (AvgIpc) is 2.49. The molecule has 1 saturated heterocycles. The Bertz CT molecular complexity index is 554. The Balaban J connectivity index is 2.04. The molecule has 0 unspecified atom stereocenters. The molecule has 0 amide bonds. The molecule has 1 fully saturated rings. The molecule has 2 heterocycles. The van der Waals surface area contributed by atoms with Crippen LogP contribution in [0.4, 0.5) is 11.8 Å². The van der Waals surface area contributed by atoms with Gasteiger partial charge in [0.15, 0.2) is 5.82 Å². The van der Waals surface area contributed by atoms with E-state index in [1.54, 1.807) is 6.61 Å². The standard InChI is InChI=1S/C13H14N5O/c14-13-15-11(10-4-2-1-3-5-10)12(16-17-13)18-6-8-19-9-7-18/h1-5,8H,6-7,9H2,(H2,14,15,17). The number of nitrogens with two attached hydrogens (primary N) is 1. The van der Waals surface area contributed by atoms with Crippen LogP contribution in [-0.2, 0) is 4.74 Å². The molecule has 1 aromatic carbocycles. The molecule has 0 bridgehead atoms. The molecule has 97 valence electrons. The quantitative estimate of drug-likeness (QED) is 0.867. The molecular weight excluding hydrogens is 242 g/mol. The maximum Gasteiger partial charge on any atom is 0.240 e. The van der Waals surface area contributed by atoms with Gasteiger partial charge in [-0.3, -0.25) is 0 Å². The largest absolute Gasteiger partial charge is 0.372 e. The third-order valence-corrected chi connectivity index (χ3v) is 2.92. The summed E-state index contributed by atoms with van der Waals surface area (Å²) < 4.78 is 5.23. The molecular formula is C13H14N5O. The van der Waals surface area contributed by atoms with Crippen molar-refractivity contribution < 1.29 is 4.74 Å². The summed E-state index contributed by atoms with van der Waals surface area (Å²) in [5, 5.41) is 8.05. The van der Waals surface area contributed by atoms with Crippen LogP contribution in [0.2, 0.25) is 0 Å². The maximum absolute atomic E-state index is 5.66. The van der Waals surface area contributed by atoms with Crippen molar-refractivity contribution in [2.45, 2.75) is 0 Å². The van der Waals surface area contributed by atoms with E-state index in [1.165, 1.54) is 0 Å². The zero-order valence-corrected chi connectivity index (χ0v) is 10.4. The van der Waals surface area contributed by atoms with Gasteiger partial charge in [-0.2, -0.15) is 0 Å². The van der Waals surface area contributed by atoms with E-state index in [0.717, 1.165) is 23.6 Å². The lowest BCUT2D eigenvalue weighted by atomic mass is 10.1. The average molecular weight is 256 g/mol. The van der Waals surface area contributed by atoms with Crippen molar-refractivity contribution in [2.24, 2.45) is 0 Å². The first kappa shape index (κ1) is 11.9. The van der Waals surface area contributed by atoms with Crippen LogP contribution in [0.5, 0.6) is 0 Å². The van der Waals surface area contributed by atoms with Crippen LogP contribution in [0.3, 0.4) is 0 Å². The first-order valence-corrected chi connectivity index (χ1v) is 6.08. The van der Waals surface area contributed by atoms with Crippen LogP contribution < -0.4 is 10.6 Å². The summed E-state index contributed by atoms with van der Waals surface area (Å²) in [5.74, 6) is 0.916. The molecule has 1 aliphatic rings. The van der Waals surface area contributed by atoms with Crippen molar-refractivity contribution in [3.63, 3.8) is 0 Å². The Morgan fingerprint density at radius 2 is 2.00 bits per heavy atom. The van der Waals surface area contributed by atoms with Crippen molar-refractivity contribution in [1.82, 2.24) is 15.2 Å². The number of ether oxygens (including phenoxy) is 1. The number of aromatic nitrogens is 3. The summed E-state index contributed by atoms with van der Waals surface area (Å²) in [7, 11) is 0. The number of rotatable bonds is 2. The lowest BCUT2D eigenvalue weighted by molar-refractivity contribution is 0.181. The zero-order valence-electron chi connectivity index (χ0n) is 10.4. The molecule has 2 N–H and O–H groups in total. The van der Waals surface area contributed by atoms with Crippen molar-refractivity contribution in [3.05, 3.63) is 36.9 Å². The topological polar surface area (TPSA) is 77.2 Å². The number of nitrogen functional groups attached to an aromatic ring is 1. The lowest BCUT2D eigenvalue weighted by Gasteiger charge is -2.28. The molecule has 1 aliphatic heterocycles. The van der Waals surface area contributed by atoms with Gasteiger partial charge in [0.1, 0.15) is 12.3 Å². The Kier molecular flexibility index (Phi) is 3.24. The summed E-state index contributed by atoms with van der Waals surface area (Å²) in [6.07, 6.45) is 0. The predicted octanol–water partition coefficient (Wildman–Crippen LogP) is 1.12. The molecule has 6 heteroatoms. The van der Waals surface area contributed by atoms with Crippen LogP contribution in [0.25, 0.3) is 11.3 Å². The van der Waals surface area contributed by atoms with Gasteiger partial charge in [0.2, 0.25) is 5.95 Å². The van der Waals surface area contributed by atoms with E-state index in [9.17, 15) is 0 Å². The van der Waals surface area contributed by atoms with E-state index in [0.29, 0.717) is 13.2 Å². The highest BCUT2D eigenvalue weighted by Gasteiger charge is 2.19. The highest BCUT2D eigenvalue weighted by molar-refractivity contribution is 5.72. The summed E-state index contributed by atoms with van der Waals surface area (Å²) >= 11 is 0. The van der Waals surface area contributed by atoms with Gasteiger partial charge in [0, 0.05) is 18.7 Å². The summed E-state index contributed by atoms with van der Waals surface area (Å²) in [6, 6.07) is 9.85. The first-order valence-electron chi connectivity index (χ1n) is 6.08. The maximum atomic E-state index is 5.66. The van der Waals surface area contributed by atoms with Crippen molar-refractivity contribution in [3.8, 4) is 11.3 Å². The molecule has 6 nitrogen and oxygen atoms in total. The predicted molar refractivity (Wildman–Crippen MR) is 72.1 cm³/mol. The van der Waals surface area contributed by atoms with Gasteiger partial charge in [0.05, 0.1) is 6.61 Å². The van der Waals surface area contributed by atoms with Crippen LogP contribution in [-0.4, -0.2) is 34.9 Å². The molecule has 1 radical (unpaired) electrons. The molecule has 1 aromatic heterocycles. The van der Waals surface area contributed by atoms with E-state index in [4.69, 9.17) is 10.5 Å². The van der Waals surface area contributed by atoms with Crippen LogP contribution >= 0.6 is 0 Å². The number of anilines is 2. The van der Waals surface area contributed by atoms with Crippen LogP contribution in [0, 0.1) is 6.61 Å². The summed E-state index contributed by atoms with van der Waals surface area (Å²) in [5.41, 5.74) is 7.39. The van der Waals surface area contributed by atoms with Crippen molar-refractivity contribution in [1.29, 1.82) is 0 Å². The summed E-state index contributed by atoms with van der Waals surface area (Å²) in [4.78, 5) is 6.40. The Labute approximate surface area is 111 Å². The molecule has 0 spiro atoms. The molecule has 0 aliphatic carbocycles. The SMILES string of the molecule is Nc1nnc(N2C[CH]OCC2)c(-c2ccccc2)n1. The fraction of sp³-hybridized carbons (Fsp3) is 0.231. The van der Waals surface area contributed by atoms with Gasteiger partial charge in [-0.15, -0.1) is 10.2 Å². The molecule has 0 saturated carbocycles. The van der Waals surface area contributed by atoms with Gasteiger partial charge in [-0.05, 0) is 0 Å². The van der Waals surface area contributed by atoms with Gasteiger partial charge in [-0.25, -0.2) is 4.98 Å². The van der Waals surface area contributed by atoms with E-state index < -0.39 is 0 Å². The van der Waals surface area contributed by atoms with Gasteiger partial charge in [0.25, 0.3) is 0 Å². The number of hydrogen-bond donors (Lipinski definition) is 1. The summed E-state index contributed by atoms with van der Waals surface area (Å²) in [6.45, 7) is 3.83. The Morgan fingerprint density at radius 3 is 2.74 bits per heavy atom. The van der Waals surface area contributed by atoms with Gasteiger partial charge < -0.3 is 15.4 Å². The third kappa shape index (κ3) is 2.48. The lowest BCUT2D eigenvalue weighted by Crippen LogP contribution is -2.35. The van der Waals surface area contributed by atoms with Gasteiger partial charge in [-0.1, -0.05) is 30.3 Å². The Morgan fingerprint density at radius 1 is 1.16 bits per heavy atom. The fourth-order valence-corrected chi connectivity index (χ4v) is 2.01. The number of hydrogen-bond acceptors (Lipinski definition) is 6. The number of nitrogens with zero attached hydrogens (tertiary/aromatic N) is 4. The second kappa shape index (κ2) is 5.19. The Hall–Kier alpha value is -2.21. The van der Waals surface area contributed by atoms with Crippen molar-refractivity contribution in [2.75, 3.05) is 30.3 Å². The van der Waals surface area contributed by atoms with Crippen LogP contribution in [0.1, 0.15) is 0 Å². The van der Waals surface area contributed by atoms with Gasteiger partial charge >= 0.3 is 0 Å². The van der Waals surface area contributed by atoms with E-state index >= 15 is 0 Å². The van der Waals surface area contributed by atoms with E-state index in [-0.39, 0.29) is 5.95 Å². The number of benzene rings is 1.